The van der Waals surface area contributed by atoms with Gasteiger partial charge in [0.2, 0.25) is 5.91 Å². The van der Waals surface area contributed by atoms with Gasteiger partial charge in [-0.05, 0) is 57.8 Å². The summed E-state index contributed by atoms with van der Waals surface area (Å²) in [4.78, 5) is 13.4. The number of hydrogen-bond donors (Lipinski definition) is 12. The fraction of sp³-hybridized carbons (Fsp3) is 0.903. The molecule has 91 heavy (non-hydrogen) atoms. The van der Waals surface area contributed by atoms with Crippen molar-refractivity contribution < 1.29 is 89.4 Å². The zero-order chi connectivity index (χ0) is 66.1. The summed E-state index contributed by atoms with van der Waals surface area (Å²) in [7, 11) is 0. The number of nitrogens with one attached hydrogen (secondary N) is 1. The molecule has 3 aliphatic heterocycles. The van der Waals surface area contributed by atoms with Crippen molar-refractivity contribution in [2.24, 2.45) is 0 Å². The quantitative estimate of drug-likeness (QED) is 0.0199. The third-order valence-electron chi connectivity index (χ3n) is 18.4. The maximum Gasteiger partial charge on any atom is 0.220 e. The highest BCUT2D eigenvalue weighted by molar-refractivity contribution is 5.76. The number of amides is 1. The monoisotopic (exact) mass is 1300 g/mol. The van der Waals surface area contributed by atoms with Crippen molar-refractivity contribution in [2.45, 2.75) is 388 Å². The Kier molecular flexibility index (Phi) is 49.5. The Labute approximate surface area is 549 Å². The Balaban J connectivity index is 1.40. The summed E-state index contributed by atoms with van der Waals surface area (Å²) in [5.74, 6) is -0.292. The van der Waals surface area contributed by atoms with E-state index in [0.29, 0.717) is 12.8 Å². The number of aliphatic hydroxyl groups excluding tert-OH is 11. The standard InChI is InChI=1S/C72H133NO18/c1-3-5-7-9-11-13-15-17-19-20-21-22-23-24-25-26-27-28-29-30-31-32-33-34-36-37-39-41-43-45-47-49-56(77)55(73-60(78)50-48-46-44-42-40-38-35-18-16-14-12-10-8-6-4-2)54-86-70-66(84)63(81)68(58(52-75)88-70)91-72-67(85)64(82)69(59(53-76)89-72)90-71-65(83)62(80)61(79)57(51-74)87-71/h18,35,39,41,47,49,55-59,61-72,74-77,79-85H,3-17,19-34,36-38,40,42-46,48,50-54H2,1-2H3,(H,73,78)/b35-18-,41-39+,49-47+. The second-order valence-electron chi connectivity index (χ2n) is 26.4. The molecule has 0 aromatic heterocycles. The molecule has 0 radical (unpaired) electrons. The molecule has 0 saturated carbocycles. The average molecular weight is 1300 g/mol. The molecule has 12 N–H and O–H groups in total. The molecule has 17 unspecified atom stereocenters. The predicted octanol–water partition coefficient (Wildman–Crippen LogP) is 10.4. The first-order chi connectivity index (χ1) is 44.3. The summed E-state index contributed by atoms with van der Waals surface area (Å²) < 4.78 is 34.3. The van der Waals surface area contributed by atoms with E-state index in [1.807, 2.05) is 6.08 Å². The molecule has 19 nitrogen and oxygen atoms in total. The fourth-order valence-electron chi connectivity index (χ4n) is 12.4. The van der Waals surface area contributed by atoms with Gasteiger partial charge in [0, 0.05) is 6.42 Å². The highest BCUT2D eigenvalue weighted by Crippen LogP contribution is 2.33. The van der Waals surface area contributed by atoms with Gasteiger partial charge in [0.05, 0.1) is 38.6 Å². The van der Waals surface area contributed by atoms with Crippen LogP contribution in [0.5, 0.6) is 0 Å². The van der Waals surface area contributed by atoms with Crippen LogP contribution in [0.3, 0.4) is 0 Å². The third-order valence-corrected chi connectivity index (χ3v) is 18.4. The van der Waals surface area contributed by atoms with Gasteiger partial charge >= 0.3 is 0 Å². The molecule has 0 bridgehead atoms. The molecular formula is C72H133NO18. The fourth-order valence-corrected chi connectivity index (χ4v) is 12.4. The molecule has 3 aliphatic rings. The van der Waals surface area contributed by atoms with E-state index in [-0.39, 0.29) is 18.9 Å². The van der Waals surface area contributed by atoms with Gasteiger partial charge in [0.25, 0.3) is 0 Å². The molecule has 0 aromatic rings. The number of allylic oxidation sites excluding steroid dienone is 5. The number of carbonyl (C=O) groups is 1. The lowest BCUT2D eigenvalue weighted by molar-refractivity contribution is -0.379. The number of unbranched alkanes of at least 4 members (excludes halogenated alkanes) is 37. The second kappa shape index (κ2) is 54.1. The van der Waals surface area contributed by atoms with Crippen molar-refractivity contribution in [2.75, 3.05) is 26.4 Å². The van der Waals surface area contributed by atoms with E-state index in [4.69, 9.17) is 28.4 Å². The van der Waals surface area contributed by atoms with Gasteiger partial charge in [-0.1, -0.05) is 256 Å². The summed E-state index contributed by atoms with van der Waals surface area (Å²) in [6, 6.07) is -0.994. The molecule has 1 amide bonds. The van der Waals surface area contributed by atoms with Gasteiger partial charge in [-0.25, -0.2) is 0 Å². The highest BCUT2D eigenvalue weighted by Gasteiger charge is 2.53. The maximum absolute atomic E-state index is 13.4. The lowest BCUT2D eigenvalue weighted by atomic mass is 9.96. The molecule has 3 heterocycles. The first-order valence-corrected chi connectivity index (χ1v) is 36.7. The average Bonchev–Trinajstić information content (AvgIpc) is 0.883. The molecule has 534 valence electrons. The summed E-state index contributed by atoms with van der Waals surface area (Å²) in [6.45, 7) is 1.72. The SMILES string of the molecule is CCCCCCCC/C=C\CCCCCCCC(=O)NC(COC1OC(CO)C(OC2OC(CO)C(OC3OC(CO)C(O)C(O)C3O)C(O)C2O)C(O)C1O)C(O)/C=C/CC/C=C/CCCCCCCCCCCCCCCCCCCCCCCCCCC. The van der Waals surface area contributed by atoms with Crippen molar-refractivity contribution in [1.29, 1.82) is 0 Å². The normalized spacial score (nSPS) is 28.0. The Morgan fingerprint density at radius 3 is 1.10 bits per heavy atom. The molecule has 3 saturated heterocycles. The zero-order valence-electron chi connectivity index (χ0n) is 56.6. The first-order valence-electron chi connectivity index (χ1n) is 36.7. The Morgan fingerprint density at radius 1 is 0.385 bits per heavy atom. The van der Waals surface area contributed by atoms with Crippen molar-refractivity contribution in [3.63, 3.8) is 0 Å². The van der Waals surface area contributed by atoms with Crippen molar-refractivity contribution in [1.82, 2.24) is 5.32 Å². The van der Waals surface area contributed by atoms with Crippen LogP contribution in [-0.4, -0.2) is 193 Å². The predicted molar refractivity (Wildman–Crippen MR) is 356 cm³/mol. The zero-order valence-corrected chi connectivity index (χ0v) is 56.6. The summed E-state index contributed by atoms with van der Waals surface area (Å²) >= 11 is 0. The molecule has 3 fully saturated rings. The van der Waals surface area contributed by atoms with Crippen LogP contribution in [0.15, 0.2) is 36.5 Å². The Morgan fingerprint density at radius 2 is 0.703 bits per heavy atom. The molecule has 19 heteroatoms. The number of hydrogen-bond acceptors (Lipinski definition) is 18. The van der Waals surface area contributed by atoms with Gasteiger partial charge in [-0.2, -0.15) is 0 Å². The van der Waals surface area contributed by atoms with Crippen LogP contribution in [0.4, 0.5) is 0 Å². The van der Waals surface area contributed by atoms with E-state index in [1.165, 1.54) is 193 Å². The molecule has 3 rings (SSSR count). The van der Waals surface area contributed by atoms with E-state index in [1.54, 1.807) is 6.08 Å². The first kappa shape index (κ1) is 83.2. The van der Waals surface area contributed by atoms with Crippen LogP contribution in [0.1, 0.15) is 284 Å². The van der Waals surface area contributed by atoms with Crippen molar-refractivity contribution >= 4 is 5.91 Å². The van der Waals surface area contributed by atoms with Crippen LogP contribution in [-0.2, 0) is 33.2 Å². The number of ether oxygens (including phenoxy) is 6. The topological polar surface area (TPSA) is 307 Å². The third kappa shape index (κ3) is 35.7. The van der Waals surface area contributed by atoms with Gasteiger partial charge in [-0.3, -0.25) is 4.79 Å². The van der Waals surface area contributed by atoms with Gasteiger partial charge in [-0.15, -0.1) is 0 Å². The molecular weight excluding hydrogens is 1170 g/mol. The van der Waals surface area contributed by atoms with Crippen molar-refractivity contribution in [3.8, 4) is 0 Å². The van der Waals surface area contributed by atoms with Crippen LogP contribution in [0.25, 0.3) is 0 Å². The van der Waals surface area contributed by atoms with E-state index in [0.717, 1.165) is 57.8 Å². The van der Waals surface area contributed by atoms with Crippen LogP contribution >= 0.6 is 0 Å². The molecule has 0 aromatic carbocycles. The lowest BCUT2D eigenvalue weighted by Crippen LogP contribution is -2.66. The van der Waals surface area contributed by atoms with E-state index in [2.05, 4.69) is 43.5 Å². The van der Waals surface area contributed by atoms with Crippen LogP contribution in [0.2, 0.25) is 0 Å². The summed E-state index contributed by atoms with van der Waals surface area (Å²) in [5.41, 5.74) is 0. The van der Waals surface area contributed by atoms with E-state index >= 15 is 0 Å². The number of aliphatic hydroxyl groups is 11. The number of carbonyl (C=O) groups excluding carboxylic acids is 1. The summed E-state index contributed by atoms with van der Waals surface area (Å²) in [5, 5.41) is 120. The molecule has 0 aliphatic carbocycles. The van der Waals surface area contributed by atoms with Crippen LogP contribution < -0.4 is 5.32 Å². The van der Waals surface area contributed by atoms with Crippen molar-refractivity contribution in [3.05, 3.63) is 36.5 Å². The van der Waals surface area contributed by atoms with E-state index in [9.17, 15) is 61.0 Å². The Bertz CT molecular complexity index is 1790. The van der Waals surface area contributed by atoms with Gasteiger partial charge < -0.3 is 89.9 Å². The molecule has 17 atom stereocenters. The van der Waals surface area contributed by atoms with Crippen LogP contribution in [0, 0.1) is 0 Å². The smallest absolute Gasteiger partial charge is 0.220 e. The lowest BCUT2D eigenvalue weighted by Gasteiger charge is -2.48. The van der Waals surface area contributed by atoms with E-state index < -0.39 is 124 Å². The second-order valence-corrected chi connectivity index (χ2v) is 26.4. The largest absolute Gasteiger partial charge is 0.394 e. The van der Waals surface area contributed by atoms with Gasteiger partial charge in [0.15, 0.2) is 18.9 Å². The minimum absolute atomic E-state index is 0.226. The van der Waals surface area contributed by atoms with Gasteiger partial charge in [0.1, 0.15) is 73.2 Å². The summed E-state index contributed by atoms with van der Waals surface area (Å²) in [6.07, 6.45) is 37.2. The number of rotatable bonds is 57. The molecule has 0 spiro atoms. The Hall–Kier alpha value is -1.99. The highest BCUT2D eigenvalue weighted by atomic mass is 16.8. The minimum Gasteiger partial charge on any atom is -0.394 e. The maximum atomic E-state index is 13.4. The minimum atomic E-state index is -1.98.